The van der Waals surface area contributed by atoms with Crippen molar-refractivity contribution in [2.24, 2.45) is 5.92 Å². The van der Waals surface area contributed by atoms with E-state index in [4.69, 9.17) is 4.74 Å². The lowest BCUT2D eigenvalue weighted by Gasteiger charge is -2.40. The van der Waals surface area contributed by atoms with Gasteiger partial charge in [0.1, 0.15) is 0 Å². The summed E-state index contributed by atoms with van der Waals surface area (Å²) >= 11 is 0. The number of hydrogen-bond donors (Lipinski definition) is 1. The van der Waals surface area contributed by atoms with Gasteiger partial charge in [-0.2, -0.15) is 0 Å². The van der Waals surface area contributed by atoms with Crippen molar-refractivity contribution in [2.45, 2.75) is 44.2 Å². The highest BCUT2D eigenvalue weighted by molar-refractivity contribution is 5.85. The second kappa shape index (κ2) is 6.37. The van der Waals surface area contributed by atoms with E-state index in [1.165, 1.54) is 58.3 Å². The first-order valence-corrected chi connectivity index (χ1v) is 7.00. The number of ether oxygens (including phenoxy) is 1. The maximum Gasteiger partial charge on any atom is 0.0730 e. The molecule has 3 nitrogen and oxygen atoms in total. The fourth-order valence-corrected chi connectivity index (χ4v) is 3.63. The van der Waals surface area contributed by atoms with E-state index in [2.05, 4.69) is 10.2 Å². The smallest absolute Gasteiger partial charge is 0.0730 e. The van der Waals surface area contributed by atoms with Gasteiger partial charge in [0, 0.05) is 19.1 Å². The van der Waals surface area contributed by atoms with Crippen LogP contribution in [0.4, 0.5) is 0 Å². The zero-order valence-corrected chi connectivity index (χ0v) is 11.4. The Morgan fingerprint density at radius 2 is 1.94 bits per heavy atom. The summed E-state index contributed by atoms with van der Waals surface area (Å²) in [6, 6.07) is 0.753. The van der Waals surface area contributed by atoms with E-state index in [0.717, 1.165) is 18.6 Å². The topological polar surface area (TPSA) is 24.5 Å². The predicted octanol–water partition coefficient (Wildman–Crippen LogP) is 1.66. The maximum atomic E-state index is 5.87. The van der Waals surface area contributed by atoms with Crippen molar-refractivity contribution in [3.8, 4) is 0 Å². The van der Waals surface area contributed by atoms with E-state index < -0.39 is 0 Å². The molecule has 3 aliphatic rings. The average molecular weight is 261 g/mol. The lowest BCUT2D eigenvalue weighted by atomic mass is 9.96. The Hall–Kier alpha value is 0.170. The van der Waals surface area contributed by atoms with Crippen LogP contribution in [0.1, 0.15) is 32.1 Å². The van der Waals surface area contributed by atoms with Crippen molar-refractivity contribution in [1.82, 2.24) is 10.2 Å². The molecule has 0 amide bonds. The summed E-state index contributed by atoms with van der Waals surface area (Å²) in [5, 5.41) is 3.46. The molecule has 0 unspecified atom stereocenters. The van der Waals surface area contributed by atoms with Gasteiger partial charge in [-0.3, -0.25) is 4.90 Å². The molecule has 0 aromatic carbocycles. The summed E-state index contributed by atoms with van der Waals surface area (Å²) in [6.45, 7) is 5.91. The third-order valence-electron chi connectivity index (χ3n) is 4.55. The van der Waals surface area contributed by atoms with E-state index in [1.807, 2.05) is 0 Å². The highest BCUT2D eigenvalue weighted by Gasteiger charge is 2.36. The highest BCUT2D eigenvalue weighted by atomic mass is 35.5. The number of morpholine rings is 1. The van der Waals surface area contributed by atoms with Crippen LogP contribution in [0.15, 0.2) is 0 Å². The van der Waals surface area contributed by atoms with Crippen molar-refractivity contribution in [2.75, 3.05) is 32.8 Å². The summed E-state index contributed by atoms with van der Waals surface area (Å²) < 4.78 is 5.87. The van der Waals surface area contributed by atoms with Gasteiger partial charge in [-0.1, -0.05) is 0 Å². The van der Waals surface area contributed by atoms with Gasteiger partial charge in [0.15, 0.2) is 0 Å². The van der Waals surface area contributed by atoms with Crippen molar-refractivity contribution in [3.05, 3.63) is 0 Å². The largest absolute Gasteiger partial charge is 0.375 e. The Bertz CT molecular complexity index is 233. The van der Waals surface area contributed by atoms with E-state index in [-0.39, 0.29) is 12.4 Å². The Morgan fingerprint density at radius 3 is 2.76 bits per heavy atom. The molecule has 17 heavy (non-hydrogen) atoms. The van der Waals surface area contributed by atoms with Gasteiger partial charge in [-0.05, 0) is 51.1 Å². The van der Waals surface area contributed by atoms with Gasteiger partial charge in [0.05, 0.1) is 12.7 Å². The Morgan fingerprint density at radius 1 is 1.12 bits per heavy atom. The minimum absolute atomic E-state index is 0. The van der Waals surface area contributed by atoms with Crippen LogP contribution in [0.5, 0.6) is 0 Å². The minimum Gasteiger partial charge on any atom is -0.375 e. The van der Waals surface area contributed by atoms with Crippen LogP contribution in [0.25, 0.3) is 0 Å². The summed E-state index contributed by atoms with van der Waals surface area (Å²) in [6.07, 6.45) is 7.35. The molecule has 3 rings (SSSR count). The number of halogens is 1. The third-order valence-corrected chi connectivity index (χ3v) is 4.55. The molecule has 4 heteroatoms. The Balaban J connectivity index is 0.00000108. The molecule has 1 N–H and O–H groups in total. The summed E-state index contributed by atoms with van der Waals surface area (Å²) in [7, 11) is 0. The van der Waals surface area contributed by atoms with Gasteiger partial charge >= 0.3 is 0 Å². The average Bonchev–Trinajstić information content (AvgIpc) is 2.80. The molecule has 1 aliphatic carbocycles. The molecule has 2 saturated heterocycles. The van der Waals surface area contributed by atoms with Crippen molar-refractivity contribution >= 4 is 12.4 Å². The second-order valence-electron chi connectivity index (χ2n) is 5.60. The first-order chi connectivity index (χ1) is 7.93. The lowest BCUT2D eigenvalue weighted by Crippen LogP contribution is -2.50. The Labute approximate surface area is 111 Å². The van der Waals surface area contributed by atoms with Gasteiger partial charge in [0.2, 0.25) is 0 Å². The standard InChI is InChI=1S/C13H24N2O.ClH/c1-2-12-13(3-1)16-9-8-15(12)10-11-4-6-14-7-5-11;/h11-14H,1-10H2;1H/t12-,13+;/m1./s1. The number of hydrogen-bond acceptors (Lipinski definition) is 3. The molecule has 0 radical (unpaired) electrons. The van der Waals surface area contributed by atoms with Crippen LogP contribution in [0.2, 0.25) is 0 Å². The first-order valence-electron chi connectivity index (χ1n) is 7.00. The fraction of sp³-hybridized carbons (Fsp3) is 1.00. The zero-order valence-electron chi connectivity index (χ0n) is 10.6. The maximum absolute atomic E-state index is 5.87. The van der Waals surface area contributed by atoms with Crippen LogP contribution in [-0.2, 0) is 4.74 Å². The Kier molecular flexibility index (Phi) is 5.10. The normalized spacial score (nSPS) is 35.3. The van der Waals surface area contributed by atoms with E-state index in [0.29, 0.717) is 6.10 Å². The quantitative estimate of drug-likeness (QED) is 0.817. The molecular weight excluding hydrogens is 236 g/mol. The third kappa shape index (κ3) is 3.14. The molecule has 0 aromatic rings. The molecule has 0 spiro atoms. The van der Waals surface area contributed by atoms with Crippen molar-refractivity contribution in [3.63, 3.8) is 0 Å². The predicted molar refractivity (Wildman–Crippen MR) is 71.8 cm³/mol. The van der Waals surface area contributed by atoms with Gasteiger partial charge < -0.3 is 10.1 Å². The van der Waals surface area contributed by atoms with Crippen LogP contribution in [0, 0.1) is 5.92 Å². The highest BCUT2D eigenvalue weighted by Crippen LogP contribution is 2.30. The van der Waals surface area contributed by atoms with Crippen LogP contribution < -0.4 is 5.32 Å². The van der Waals surface area contributed by atoms with Crippen molar-refractivity contribution in [1.29, 1.82) is 0 Å². The minimum atomic E-state index is 0. The summed E-state index contributed by atoms with van der Waals surface area (Å²) in [5.74, 6) is 0.931. The van der Waals surface area contributed by atoms with Crippen molar-refractivity contribution < 1.29 is 4.74 Å². The molecular formula is C13H25ClN2O. The molecule has 0 aromatic heterocycles. The molecule has 0 bridgehead atoms. The SMILES string of the molecule is C1C[C@@H]2OCCN(CC3CCNCC3)[C@@H]2C1.Cl. The molecule has 1 saturated carbocycles. The number of piperidine rings is 1. The monoisotopic (exact) mass is 260 g/mol. The summed E-state index contributed by atoms with van der Waals surface area (Å²) in [4.78, 5) is 2.73. The first kappa shape index (κ1) is 13.6. The zero-order chi connectivity index (χ0) is 10.8. The molecule has 2 heterocycles. The van der Waals surface area contributed by atoms with Crippen LogP contribution in [-0.4, -0.2) is 49.8 Å². The van der Waals surface area contributed by atoms with Crippen LogP contribution in [0.3, 0.4) is 0 Å². The second-order valence-corrected chi connectivity index (χ2v) is 5.60. The molecule has 2 atom stereocenters. The van der Waals surface area contributed by atoms with E-state index >= 15 is 0 Å². The number of fused-ring (bicyclic) bond motifs is 1. The fourth-order valence-electron chi connectivity index (χ4n) is 3.63. The van der Waals surface area contributed by atoms with E-state index in [9.17, 15) is 0 Å². The molecule has 2 aliphatic heterocycles. The van der Waals surface area contributed by atoms with E-state index in [1.54, 1.807) is 0 Å². The number of nitrogens with one attached hydrogen (secondary N) is 1. The lowest BCUT2D eigenvalue weighted by molar-refractivity contribution is -0.0613. The van der Waals surface area contributed by atoms with Gasteiger partial charge in [0.25, 0.3) is 0 Å². The number of rotatable bonds is 2. The van der Waals surface area contributed by atoms with Gasteiger partial charge in [-0.15, -0.1) is 12.4 Å². The molecule has 3 fully saturated rings. The number of nitrogens with zero attached hydrogens (tertiary/aromatic N) is 1. The molecule has 100 valence electrons. The van der Waals surface area contributed by atoms with Gasteiger partial charge in [-0.25, -0.2) is 0 Å². The summed E-state index contributed by atoms with van der Waals surface area (Å²) in [5.41, 5.74) is 0. The van der Waals surface area contributed by atoms with Crippen LogP contribution >= 0.6 is 12.4 Å².